The zero-order chi connectivity index (χ0) is 27.4. The lowest BCUT2D eigenvalue weighted by Crippen LogP contribution is -2.34. The molecule has 1 aromatic heterocycles. The first-order valence-electron chi connectivity index (χ1n) is 12.8. The number of aliphatic carboxylic acids is 1. The molecule has 0 bridgehead atoms. The van der Waals surface area contributed by atoms with Gasteiger partial charge in [-0.05, 0) is 79.5 Å². The van der Waals surface area contributed by atoms with Gasteiger partial charge in [-0.1, -0.05) is 24.3 Å². The van der Waals surface area contributed by atoms with Gasteiger partial charge in [0.15, 0.2) is 11.4 Å². The highest BCUT2D eigenvalue weighted by Crippen LogP contribution is 2.30. The van der Waals surface area contributed by atoms with Crippen LogP contribution in [0.5, 0.6) is 5.75 Å². The lowest BCUT2D eigenvalue weighted by atomic mass is 9.92. The number of aromatic hydroxyl groups is 1. The van der Waals surface area contributed by atoms with Crippen LogP contribution in [-0.4, -0.2) is 56.8 Å². The van der Waals surface area contributed by atoms with Gasteiger partial charge in [-0.2, -0.15) is 0 Å². The number of aromatic nitrogens is 2. The molecule has 2 aromatic carbocycles. The number of nitrogens with one attached hydrogen (secondary N) is 1. The Hall–Kier alpha value is -3.98. The average Bonchev–Trinajstić information content (AvgIpc) is 2.89. The third-order valence-electron chi connectivity index (χ3n) is 7.23. The monoisotopic (exact) mass is 518 g/mol. The normalized spacial score (nSPS) is 13.9. The number of hydrogen-bond donors (Lipinski definition) is 4. The molecule has 1 aliphatic heterocycles. The van der Waals surface area contributed by atoms with E-state index in [1.807, 2.05) is 13.8 Å². The standard InChI is InChI=1S/C29H34N4O5/c1-17-12-22(13-18(2)24(17)16-34)21-4-6-23(7-5-21)33-10-8-20(9-11-33)14-25-31-19(3)28(37)27(32-25)29(38)30-15-26(35)36/h4-7,12-13,20,34,37H,8-11,14-16H2,1-3H3,(H,30,38)(H,35,36). The second-order valence-corrected chi connectivity index (χ2v) is 9.93. The van der Waals surface area contributed by atoms with Crippen molar-refractivity contribution >= 4 is 17.6 Å². The van der Waals surface area contributed by atoms with Gasteiger partial charge < -0.3 is 25.5 Å². The molecule has 9 heteroatoms. The molecule has 4 N–H and O–H groups in total. The number of carboxylic acids is 1. The molecule has 1 saturated heterocycles. The molecule has 4 rings (SSSR count). The van der Waals surface area contributed by atoms with E-state index in [1.165, 1.54) is 5.69 Å². The van der Waals surface area contributed by atoms with Gasteiger partial charge in [0.2, 0.25) is 0 Å². The lowest BCUT2D eigenvalue weighted by Gasteiger charge is -2.33. The van der Waals surface area contributed by atoms with Crippen LogP contribution in [-0.2, 0) is 17.8 Å². The van der Waals surface area contributed by atoms with Gasteiger partial charge in [-0.15, -0.1) is 0 Å². The molecular weight excluding hydrogens is 484 g/mol. The molecule has 200 valence electrons. The molecule has 0 atom stereocenters. The lowest BCUT2D eigenvalue weighted by molar-refractivity contribution is -0.135. The van der Waals surface area contributed by atoms with Crippen LogP contribution in [0, 0.1) is 26.7 Å². The van der Waals surface area contributed by atoms with Gasteiger partial charge in [-0.3, -0.25) is 9.59 Å². The number of benzene rings is 2. The summed E-state index contributed by atoms with van der Waals surface area (Å²) in [6, 6.07) is 12.8. The Bertz CT molecular complexity index is 1310. The molecule has 1 aliphatic rings. The van der Waals surface area contributed by atoms with Crippen molar-refractivity contribution in [1.29, 1.82) is 0 Å². The van der Waals surface area contributed by atoms with Crippen LogP contribution in [0.15, 0.2) is 36.4 Å². The van der Waals surface area contributed by atoms with Gasteiger partial charge in [0.25, 0.3) is 5.91 Å². The van der Waals surface area contributed by atoms with E-state index in [0.29, 0.717) is 23.9 Å². The van der Waals surface area contributed by atoms with E-state index in [-0.39, 0.29) is 18.1 Å². The number of carbonyl (C=O) groups is 2. The summed E-state index contributed by atoms with van der Waals surface area (Å²) in [6.45, 7) is 6.93. The number of anilines is 1. The molecular formula is C29H34N4O5. The first-order chi connectivity index (χ1) is 18.2. The van der Waals surface area contributed by atoms with E-state index in [9.17, 15) is 19.8 Å². The molecule has 0 aliphatic carbocycles. The Morgan fingerprint density at radius 3 is 2.21 bits per heavy atom. The molecule has 1 fully saturated rings. The van der Waals surface area contributed by atoms with Crippen molar-refractivity contribution in [3.05, 3.63) is 70.3 Å². The fraction of sp³-hybridized carbons (Fsp3) is 0.379. The number of hydrogen-bond acceptors (Lipinski definition) is 7. The molecule has 0 spiro atoms. The number of carboxylic acid groups (broad SMARTS) is 1. The van der Waals surface area contributed by atoms with Crippen molar-refractivity contribution < 1.29 is 24.9 Å². The Morgan fingerprint density at radius 1 is 1.00 bits per heavy atom. The highest BCUT2D eigenvalue weighted by Gasteiger charge is 2.23. The number of aryl methyl sites for hydroxylation is 3. The minimum Gasteiger partial charge on any atom is -0.504 e. The zero-order valence-corrected chi connectivity index (χ0v) is 22.0. The smallest absolute Gasteiger partial charge is 0.322 e. The topological polar surface area (TPSA) is 136 Å². The van der Waals surface area contributed by atoms with Crippen molar-refractivity contribution in [1.82, 2.24) is 15.3 Å². The van der Waals surface area contributed by atoms with Crippen LogP contribution in [0.1, 0.15) is 51.5 Å². The van der Waals surface area contributed by atoms with Crippen LogP contribution >= 0.6 is 0 Å². The maximum Gasteiger partial charge on any atom is 0.322 e. The number of carbonyl (C=O) groups excluding carboxylic acids is 1. The summed E-state index contributed by atoms with van der Waals surface area (Å²) in [5.41, 5.74) is 6.72. The summed E-state index contributed by atoms with van der Waals surface area (Å²) in [6.07, 6.45) is 2.45. The van der Waals surface area contributed by atoms with Crippen LogP contribution in [0.3, 0.4) is 0 Å². The maximum absolute atomic E-state index is 12.3. The second-order valence-electron chi connectivity index (χ2n) is 9.93. The van der Waals surface area contributed by atoms with Gasteiger partial charge in [0.1, 0.15) is 12.4 Å². The summed E-state index contributed by atoms with van der Waals surface area (Å²) in [7, 11) is 0. The molecule has 38 heavy (non-hydrogen) atoms. The second kappa shape index (κ2) is 11.6. The SMILES string of the molecule is Cc1cc(-c2ccc(N3CCC(Cc4nc(C)c(O)c(C(=O)NCC(=O)O)n4)CC3)cc2)cc(C)c1CO. The van der Waals surface area contributed by atoms with Gasteiger partial charge >= 0.3 is 5.97 Å². The molecule has 0 saturated carbocycles. The Morgan fingerprint density at radius 2 is 1.63 bits per heavy atom. The molecule has 0 radical (unpaired) electrons. The van der Waals surface area contributed by atoms with Crippen LogP contribution in [0.25, 0.3) is 11.1 Å². The van der Waals surface area contributed by atoms with E-state index in [2.05, 4.69) is 56.6 Å². The predicted molar refractivity (Wildman–Crippen MR) is 144 cm³/mol. The number of aliphatic hydroxyl groups is 1. The minimum atomic E-state index is -1.17. The Labute approximate surface area is 222 Å². The fourth-order valence-electron chi connectivity index (χ4n) is 5.04. The van der Waals surface area contributed by atoms with Crippen LogP contribution < -0.4 is 10.2 Å². The fourth-order valence-corrected chi connectivity index (χ4v) is 5.04. The third-order valence-corrected chi connectivity index (χ3v) is 7.23. The van der Waals surface area contributed by atoms with Crippen molar-refractivity contribution in [2.45, 2.75) is 46.6 Å². The number of amides is 1. The van der Waals surface area contributed by atoms with Gasteiger partial charge in [0, 0.05) is 25.2 Å². The molecule has 3 aromatic rings. The van der Waals surface area contributed by atoms with Gasteiger partial charge in [-0.25, -0.2) is 9.97 Å². The summed E-state index contributed by atoms with van der Waals surface area (Å²) in [5, 5.41) is 30.8. The summed E-state index contributed by atoms with van der Waals surface area (Å²) >= 11 is 0. The molecule has 2 heterocycles. The summed E-state index contributed by atoms with van der Waals surface area (Å²) < 4.78 is 0. The first-order valence-corrected chi connectivity index (χ1v) is 12.8. The number of nitrogens with zero attached hydrogens (tertiary/aromatic N) is 3. The van der Waals surface area contributed by atoms with E-state index in [4.69, 9.17) is 5.11 Å². The van der Waals surface area contributed by atoms with E-state index in [1.54, 1.807) is 6.92 Å². The quantitative estimate of drug-likeness (QED) is 0.356. The van der Waals surface area contributed by atoms with E-state index >= 15 is 0 Å². The minimum absolute atomic E-state index is 0.0502. The highest BCUT2D eigenvalue weighted by molar-refractivity contribution is 5.96. The van der Waals surface area contributed by atoms with E-state index in [0.717, 1.165) is 53.7 Å². The molecule has 0 unspecified atom stereocenters. The first kappa shape index (κ1) is 27.1. The molecule has 1 amide bonds. The van der Waals surface area contributed by atoms with Crippen LogP contribution in [0.4, 0.5) is 5.69 Å². The van der Waals surface area contributed by atoms with Crippen LogP contribution in [0.2, 0.25) is 0 Å². The van der Waals surface area contributed by atoms with E-state index < -0.39 is 18.4 Å². The Kier molecular flexibility index (Phi) is 8.26. The summed E-state index contributed by atoms with van der Waals surface area (Å²) in [5.74, 6) is -1.43. The number of aliphatic hydroxyl groups excluding tert-OH is 1. The third kappa shape index (κ3) is 6.11. The van der Waals surface area contributed by atoms with Crippen molar-refractivity contribution in [3.63, 3.8) is 0 Å². The zero-order valence-electron chi connectivity index (χ0n) is 22.0. The average molecular weight is 519 g/mol. The predicted octanol–water partition coefficient (Wildman–Crippen LogP) is 3.54. The largest absolute Gasteiger partial charge is 0.504 e. The maximum atomic E-state index is 12.3. The Balaban J connectivity index is 1.38. The molecule has 9 nitrogen and oxygen atoms in total. The van der Waals surface area contributed by atoms with Crippen molar-refractivity contribution in [2.24, 2.45) is 5.92 Å². The van der Waals surface area contributed by atoms with Crippen molar-refractivity contribution in [2.75, 3.05) is 24.5 Å². The number of rotatable bonds is 8. The highest BCUT2D eigenvalue weighted by atomic mass is 16.4. The van der Waals surface area contributed by atoms with Crippen molar-refractivity contribution in [3.8, 4) is 16.9 Å². The number of piperidine rings is 1. The van der Waals surface area contributed by atoms with Gasteiger partial charge in [0.05, 0.1) is 12.3 Å². The summed E-state index contributed by atoms with van der Waals surface area (Å²) in [4.78, 5) is 34.0.